The Kier molecular flexibility index (Phi) is 8.97. The van der Waals surface area contributed by atoms with E-state index < -0.39 is 15.6 Å². The second kappa shape index (κ2) is 13.1. The van der Waals surface area contributed by atoms with Gasteiger partial charge in [0.1, 0.15) is 23.9 Å². The summed E-state index contributed by atoms with van der Waals surface area (Å²) < 4.78 is 46.9. The molecule has 11 heteroatoms. The number of nitrogens with zero attached hydrogens (tertiary/aromatic N) is 4. The maximum Gasteiger partial charge on any atom is 0.268 e. The molecule has 0 saturated heterocycles. The number of sulfonamides is 1. The monoisotopic (exact) mass is 674 g/mol. The van der Waals surface area contributed by atoms with E-state index in [-0.39, 0.29) is 29.5 Å². The number of methoxy groups -OCH3 is 1. The molecule has 7 rings (SSSR count). The number of hydrogen-bond donors (Lipinski definition) is 0. The first-order chi connectivity index (χ1) is 23.1. The predicted molar refractivity (Wildman–Crippen MR) is 183 cm³/mol. The summed E-state index contributed by atoms with van der Waals surface area (Å²) in [7, 11) is -2.69. The highest BCUT2D eigenvalue weighted by molar-refractivity contribution is 7.93. The zero-order valence-electron chi connectivity index (χ0n) is 28.4. The lowest BCUT2D eigenvalue weighted by atomic mass is 9.93. The number of anilines is 1. The van der Waals surface area contributed by atoms with Crippen molar-refractivity contribution in [3.8, 4) is 11.1 Å². The van der Waals surface area contributed by atoms with E-state index in [9.17, 15) is 13.2 Å². The van der Waals surface area contributed by atoms with Gasteiger partial charge in [-0.15, -0.1) is 0 Å². The van der Waals surface area contributed by atoms with Gasteiger partial charge >= 0.3 is 0 Å². The molecule has 2 heterocycles. The Balaban J connectivity index is 1.24. The topological polar surface area (TPSA) is 115 Å². The first kappa shape index (κ1) is 33.0. The Morgan fingerprint density at radius 3 is 2.52 bits per heavy atom. The lowest BCUT2D eigenvalue weighted by Gasteiger charge is -2.27. The van der Waals surface area contributed by atoms with Gasteiger partial charge in [0, 0.05) is 24.7 Å². The highest BCUT2D eigenvalue weighted by Gasteiger charge is 2.61. The fourth-order valence-electron chi connectivity index (χ4n) is 7.53. The maximum atomic E-state index is 14.4. The standard InChI is InChI=1S/C37H46N4O6S/c1-5-6-14-34-38-37(19-27-18-28(27)20-37)36(42)40(34)21-26-15-16-31(29(17-26)22-46-30-10-9-11-30)32-12-7-8-13-33(32)48(43,44)41(23-45-4)35-24(2)25(3)47-39-35/h7-8,12-13,15-17,27-28,30H,5-6,9-11,14,18-23H2,1-4H3. The van der Waals surface area contributed by atoms with Crippen LogP contribution in [0.2, 0.25) is 0 Å². The molecule has 4 aliphatic rings. The first-order valence-electron chi connectivity index (χ1n) is 17.3. The van der Waals surface area contributed by atoms with Crippen molar-refractivity contribution in [2.24, 2.45) is 16.8 Å². The second-order valence-corrected chi connectivity index (χ2v) is 15.9. The van der Waals surface area contributed by atoms with E-state index in [0.29, 0.717) is 41.9 Å². The number of benzene rings is 2. The van der Waals surface area contributed by atoms with Crippen molar-refractivity contribution in [3.05, 3.63) is 64.9 Å². The summed E-state index contributed by atoms with van der Waals surface area (Å²) in [6, 6.07) is 13.1. The molecule has 3 aliphatic carbocycles. The van der Waals surface area contributed by atoms with Crippen molar-refractivity contribution in [1.82, 2.24) is 10.1 Å². The van der Waals surface area contributed by atoms with Crippen molar-refractivity contribution in [2.75, 3.05) is 18.1 Å². The molecule has 2 aromatic carbocycles. The molecular formula is C37H46N4O6S. The number of amides is 1. The second-order valence-electron chi connectivity index (χ2n) is 14.0. The van der Waals surface area contributed by atoms with Crippen LogP contribution in [0, 0.1) is 25.7 Å². The molecule has 0 N–H and O–H groups in total. The van der Waals surface area contributed by atoms with Gasteiger partial charge in [0.2, 0.25) is 0 Å². The van der Waals surface area contributed by atoms with Crippen LogP contribution < -0.4 is 4.31 Å². The van der Waals surface area contributed by atoms with Crippen LogP contribution in [0.4, 0.5) is 5.82 Å². The molecule has 1 aromatic heterocycles. The third kappa shape index (κ3) is 5.98. The smallest absolute Gasteiger partial charge is 0.268 e. The Hall–Kier alpha value is -3.54. The first-order valence-corrected chi connectivity index (χ1v) is 18.8. The van der Waals surface area contributed by atoms with Gasteiger partial charge in [-0.2, -0.15) is 0 Å². The quantitative estimate of drug-likeness (QED) is 0.171. The number of unbranched alkanes of at least 4 members (excludes halogenated alkanes) is 1. The normalized spacial score (nSPS) is 23.5. The van der Waals surface area contributed by atoms with Crippen LogP contribution in [0.15, 0.2) is 56.9 Å². The van der Waals surface area contributed by atoms with Crippen LogP contribution in [-0.4, -0.2) is 55.7 Å². The third-order valence-electron chi connectivity index (χ3n) is 10.7. The summed E-state index contributed by atoms with van der Waals surface area (Å²) in [4.78, 5) is 21.2. The van der Waals surface area contributed by atoms with Gasteiger partial charge in [0.05, 0.1) is 24.2 Å². The van der Waals surface area contributed by atoms with Crippen molar-refractivity contribution in [1.29, 1.82) is 0 Å². The van der Waals surface area contributed by atoms with E-state index in [1.54, 1.807) is 26.0 Å². The molecule has 48 heavy (non-hydrogen) atoms. The number of amidine groups is 1. The number of carbonyl (C=O) groups excluding carboxylic acids is 1. The van der Waals surface area contributed by atoms with Crippen molar-refractivity contribution >= 4 is 27.6 Å². The molecule has 0 bridgehead atoms. The molecule has 0 radical (unpaired) electrons. The Bertz CT molecular complexity index is 1820. The summed E-state index contributed by atoms with van der Waals surface area (Å²) in [5.74, 6) is 3.08. The van der Waals surface area contributed by atoms with Crippen LogP contribution in [0.3, 0.4) is 0 Å². The van der Waals surface area contributed by atoms with E-state index >= 15 is 0 Å². The highest BCUT2D eigenvalue weighted by atomic mass is 32.2. The van der Waals surface area contributed by atoms with Crippen molar-refractivity contribution in [2.45, 2.75) is 108 Å². The average molecular weight is 675 g/mol. The van der Waals surface area contributed by atoms with Crippen molar-refractivity contribution < 1.29 is 27.2 Å². The van der Waals surface area contributed by atoms with E-state index in [1.807, 2.05) is 29.2 Å². The van der Waals surface area contributed by atoms with E-state index in [4.69, 9.17) is 19.0 Å². The van der Waals surface area contributed by atoms with Gasteiger partial charge in [-0.1, -0.05) is 54.9 Å². The largest absolute Gasteiger partial charge is 0.374 e. The average Bonchev–Trinajstić information content (AvgIpc) is 3.43. The summed E-state index contributed by atoms with van der Waals surface area (Å²) in [6.07, 6.45) is 9.19. The number of ether oxygens (including phenoxy) is 2. The van der Waals surface area contributed by atoms with Crippen molar-refractivity contribution in [3.63, 3.8) is 0 Å². The highest BCUT2D eigenvalue weighted by Crippen LogP contribution is 2.59. The van der Waals surface area contributed by atoms with Crippen LogP contribution >= 0.6 is 0 Å². The summed E-state index contributed by atoms with van der Waals surface area (Å²) in [6.45, 7) is 6.23. The number of hydrogen-bond acceptors (Lipinski definition) is 8. The number of aromatic nitrogens is 1. The van der Waals surface area contributed by atoms with E-state index in [2.05, 4.69) is 18.1 Å². The minimum absolute atomic E-state index is 0.130. The molecule has 1 spiro atoms. The molecule has 1 amide bonds. The van der Waals surface area contributed by atoms with Crippen LogP contribution in [0.25, 0.3) is 11.1 Å². The Labute approximate surface area is 283 Å². The van der Waals surface area contributed by atoms with Gasteiger partial charge in [-0.3, -0.25) is 14.7 Å². The maximum absolute atomic E-state index is 14.4. The fraction of sp³-hybridized carbons (Fsp3) is 0.541. The van der Waals surface area contributed by atoms with E-state index in [1.165, 1.54) is 13.5 Å². The Morgan fingerprint density at radius 1 is 1.08 bits per heavy atom. The molecule has 3 saturated carbocycles. The molecule has 10 nitrogen and oxygen atoms in total. The zero-order chi connectivity index (χ0) is 33.6. The molecule has 2 atom stereocenters. The molecular weight excluding hydrogens is 628 g/mol. The van der Waals surface area contributed by atoms with E-state index in [0.717, 1.165) is 78.2 Å². The number of carbonyl (C=O) groups is 1. The number of aliphatic imine (C=N–C) groups is 1. The molecule has 256 valence electrons. The minimum Gasteiger partial charge on any atom is -0.374 e. The molecule has 3 aromatic rings. The number of rotatable bonds is 14. The zero-order valence-corrected chi connectivity index (χ0v) is 29.2. The van der Waals surface area contributed by atoms with Gasteiger partial charge in [-0.05, 0) is 93.4 Å². The SMILES string of the molecule is CCCCC1=NC2(CC3CC3C2)C(=O)N1Cc1ccc(-c2ccccc2S(=O)(=O)N(COC)c2noc(C)c2C)c(COC2CCC2)c1. The number of fused-ring (bicyclic) bond motifs is 1. The minimum atomic E-state index is -4.14. The molecule has 2 unspecified atom stereocenters. The van der Waals surface area contributed by atoms with Crippen LogP contribution in [0.1, 0.15) is 87.2 Å². The van der Waals surface area contributed by atoms with Gasteiger partial charge in [-0.25, -0.2) is 12.7 Å². The third-order valence-corrected chi connectivity index (χ3v) is 12.5. The molecule has 1 aliphatic heterocycles. The lowest BCUT2D eigenvalue weighted by Crippen LogP contribution is -2.41. The lowest BCUT2D eigenvalue weighted by molar-refractivity contribution is -0.131. The van der Waals surface area contributed by atoms with Gasteiger partial charge < -0.3 is 14.0 Å². The number of aryl methyl sites for hydroxylation is 1. The summed E-state index contributed by atoms with van der Waals surface area (Å²) in [5.41, 5.74) is 3.23. The van der Waals surface area contributed by atoms with Gasteiger partial charge in [0.15, 0.2) is 5.82 Å². The predicted octanol–water partition coefficient (Wildman–Crippen LogP) is 6.93. The fourth-order valence-corrected chi connectivity index (χ4v) is 9.11. The van der Waals surface area contributed by atoms with Gasteiger partial charge in [0.25, 0.3) is 15.9 Å². The van der Waals surface area contributed by atoms with Crippen LogP contribution in [0.5, 0.6) is 0 Å². The summed E-state index contributed by atoms with van der Waals surface area (Å²) >= 11 is 0. The molecule has 3 fully saturated rings. The summed E-state index contributed by atoms with van der Waals surface area (Å²) in [5, 5.41) is 4.06. The Morgan fingerprint density at radius 2 is 1.85 bits per heavy atom. The van der Waals surface area contributed by atoms with Crippen LogP contribution in [-0.2, 0) is 37.4 Å².